The van der Waals surface area contributed by atoms with E-state index in [9.17, 15) is 14.9 Å². The summed E-state index contributed by atoms with van der Waals surface area (Å²) in [4.78, 5) is 24.0. The zero-order chi connectivity index (χ0) is 17.2. The highest BCUT2D eigenvalue weighted by Gasteiger charge is 2.18. The van der Waals surface area contributed by atoms with Gasteiger partial charge < -0.3 is 19.7 Å². The molecular formula is C15H23N3O5. The topological polar surface area (TPSA) is 93.9 Å². The van der Waals surface area contributed by atoms with Gasteiger partial charge in [0.2, 0.25) is 0 Å². The molecule has 0 saturated carbocycles. The van der Waals surface area contributed by atoms with E-state index < -0.39 is 11.2 Å². The summed E-state index contributed by atoms with van der Waals surface area (Å²) in [6.07, 6.45) is -0.479. The highest BCUT2D eigenvalue weighted by atomic mass is 16.7. The number of carbonyl (C=O) groups is 1. The Morgan fingerprint density at radius 3 is 2.22 bits per heavy atom. The zero-order valence-corrected chi connectivity index (χ0v) is 13.7. The quantitative estimate of drug-likeness (QED) is 0.428. The molecule has 2 amide bonds. The number of nitrogens with zero attached hydrogens (tertiary/aromatic N) is 2. The van der Waals surface area contributed by atoms with Crippen molar-refractivity contribution in [3.63, 3.8) is 0 Å². The molecular weight excluding hydrogens is 302 g/mol. The highest BCUT2D eigenvalue weighted by Crippen LogP contribution is 2.16. The predicted molar refractivity (Wildman–Crippen MR) is 86.4 cm³/mol. The largest absolute Gasteiger partial charge is 0.351 e. The van der Waals surface area contributed by atoms with Gasteiger partial charge in [-0.15, -0.1) is 0 Å². The summed E-state index contributed by atoms with van der Waals surface area (Å²) in [5, 5.41) is 13.3. The van der Waals surface area contributed by atoms with E-state index in [1.807, 2.05) is 20.8 Å². The number of nitro benzene ring substituents is 1. The van der Waals surface area contributed by atoms with Gasteiger partial charge in [0.05, 0.1) is 11.5 Å². The molecule has 0 heterocycles. The number of ether oxygens (including phenoxy) is 2. The Morgan fingerprint density at radius 1 is 1.22 bits per heavy atom. The van der Waals surface area contributed by atoms with Gasteiger partial charge in [0.25, 0.3) is 5.69 Å². The Labute approximate surface area is 135 Å². The number of non-ortho nitro benzene ring substituents is 1. The fourth-order valence-corrected chi connectivity index (χ4v) is 1.93. The van der Waals surface area contributed by atoms with Gasteiger partial charge in [0.1, 0.15) is 0 Å². The number of hydrogen-bond donors (Lipinski definition) is 1. The van der Waals surface area contributed by atoms with E-state index in [4.69, 9.17) is 9.47 Å². The van der Waals surface area contributed by atoms with Crippen molar-refractivity contribution in [1.82, 2.24) is 4.90 Å². The standard InChI is InChI=1S/C15H23N3O5/c1-4-17(11-14(22-5-2)23-6-3)15(19)16-12-7-9-13(10-8-12)18(20)21/h7-10,14H,4-6,11H2,1-3H3,(H,16,19). The molecule has 0 unspecified atom stereocenters. The SMILES string of the molecule is CCOC(CN(CC)C(=O)Nc1ccc([N+](=O)[O-])cc1)OCC. The molecule has 23 heavy (non-hydrogen) atoms. The predicted octanol–water partition coefficient (Wildman–Crippen LogP) is 2.85. The van der Waals surface area contributed by atoms with Crippen molar-refractivity contribution >= 4 is 17.4 Å². The van der Waals surface area contributed by atoms with Gasteiger partial charge >= 0.3 is 6.03 Å². The summed E-state index contributed by atoms with van der Waals surface area (Å²) < 4.78 is 10.9. The maximum Gasteiger partial charge on any atom is 0.322 e. The summed E-state index contributed by atoms with van der Waals surface area (Å²) in [7, 11) is 0. The van der Waals surface area contributed by atoms with E-state index in [-0.39, 0.29) is 11.7 Å². The van der Waals surface area contributed by atoms with Crippen molar-refractivity contribution in [2.24, 2.45) is 0 Å². The third-order valence-electron chi connectivity index (χ3n) is 3.07. The number of nitro groups is 1. The van der Waals surface area contributed by atoms with Crippen LogP contribution in [-0.4, -0.2) is 48.4 Å². The van der Waals surface area contributed by atoms with Crippen molar-refractivity contribution in [2.75, 3.05) is 31.6 Å². The zero-order valence-electron chi connectivity index (χ0n) is 13.7. The maximum absolute atomic E-state index is 12.3. The Morgan fingerprint density at radius 2 is 1.78 bits per heavy atom. The van der Waals surface area contributed by atoms with E-state index >= 15 is 0 Å². The summed E-state index contributed by atoms with van der Waals surface area (Å²) in [5.41, 5.74) is 0.464. The maximum atomic E-state index is 12.3. The van der Waals surface area contributed by atoms with Crippen molar-refractivity contribution in [1.29, 1.82) is 0 Å². The lowest BCUT2D eigenvalue weighted by atomic mass is 10.3. The van der Waals surface area contributed by atoms with Crippen LogP contribution in [0, 0.1) is 10.1 Å². The number of likely N-dealkylation sites (N-methyl/N-ethyl adjacent to an activating group) is 1. The van der Waals surface area contributed by atoms with Crippen molar-refractivity contribution in [3.05, 3.63) is 34.4 Å². The van der Waals surface area contributed by atoms with Crippen LogP contribution in [0.3, 0.4) is 0 Å². The van der Waals surface area contributed by atoms with Gasteiger partial charge in [-0.2, -0.15) is 0 Å². The number of hydrogen-bond acceptors (Lipinski definition) is 5. The molecule has 1 aromatic carbocycles. The number of urea groups is 1. The van der Waals surface area contributed by atoms with Crippen molar-refractivity contribution < 1.29 is 19.2 Å². The van der Waals surface area contributed by atoms with Crippen LogP contribution in [0.15, 0.2) is 24.3 Å². The fourth-order valence-electron chi connectivity index (χ4n) is 1.93. The first-order chi connectivity index (χ1) is 11.0. The molecule has 0 bridgehead atoms. The molecule has 0 aliphatic carbocycles. The number of benzene rings is 1. The summed E-state index contributed by atoms with van der Waals surface area (Å²) in [6, 6.07) is 5.36. The summed E-state index contributed by atoms with van der Waals surface area (Å²) in [5.74, 6) is 0. The first-order valence-corrected chi connectivity index (χ1v) is 7.55. The minimum atomic E-state index is -0.487. The van der Waals surface area contributed by atoms with Gasteiger partial charge in [-0.3, -0.25) is 10.1 Å². The molecule has 1 aromatic rings. The van der Waals surface area contributed by atoms with Crippen LogP contribution in [0.2, 0.25) is 0 Å². The Kier molecular flexibility index (Phi) is 8.00. The van der Waals surface area contributed by atoms with Crippen LogP contribution in [-0.2, 0) is 9.47 Å². The van der Waals surface area contributed by atoms with Gasteiger partial charge in [-0.1, -0.05) is 0 Å². The van der Waals surface area contributed by atoms with E-state index in [0.29, 0.717) is 32.0 Å². The lowest BCUT2D eigenvalue weighted by Crippen LogP contribution is -2.41. The third-order valence-corrected chi connectivity index (χ3v) is 3.07. The first-order valence-electron chi connectivity index (χ1n) is 7.55. The Hall–Kier alpha value is -2.19. The lowest BCUT2D eigenvalue weighted by molar-refractivity contribution is -0.384. The Balaban J connectivity index is 2.66. The molecule has 1 rings (SSSR count). The molecule has 1 N–H and O–H groups in total. The molecule has 0 aliphatic heterocycles. The highest BCUT2D eigenvalue weighted by molar-refractivity contribution is 5.89. The van der Waals surface area contributed by atoms with Crippen LogP contribution >= 0.6 is 0 Å². The summed E-state index contributed by atoms with van der Waals surface area (Å²) >= 11 is 0. The minimum absolute atomic E-state index is 0.0249. The second kappa shape index (κ2) is 9.75. The normalized spacial score (nSPS) is 10.6. The average molecular weight is 325 g/mol. The molecule has 0 aromatic heterocycles. The molecule has 0 radical (unpaired) electrons. The van der Waals surface area contributed by atoms with Gasteiger partial charge in [-0.05, 0) is 32.9 Å². The minimum Gasteiger partial charge on any atom is -0.351 e. The second-order valence-corrected chi connectivity index (χ2v) is 4.61. The van der Waals surface area contributed by atoms with E-state index in [2.05, 4.69) is 5.32 Å². The fraction of sp³-hybridized carbons (Fsp3) is 0.533. The molecule has 0 spiro atoms. The molecule has 0 saturated heterocycles. The summed E-state index contributed by atoms with van der Waals surface area (Å²) in [6.45, 7) is 7.34. The van der Waals surface area contributed by atoms with Crippen molar-refractivity contribution in [2.45, 2.75) is 27.1 Å². The molecule has 0 fully saturated rings. The lowest BCUT2D eigenvalue weighted by Gasteiger charge is -2.26. The van der Waals surface area contributed by atoms with Crippen LogP contribution in [0.4, 0.5) is 16.2 Å². The van der Waals surface area contributed by atoms with E-state index in [1.165, 1.54) is 24.3 Å². The Bertz CT molecular complexity index is 500. The van der Waals surface area contributed by atoms with Gasteiger partial charge in [0, 0.05) is 37.6 Å². The third kappa shape index (κ3) is 6.21. The smallest absolute Gasteiger partial charge is 0.322 e. The molecule has 8 nitrogen and oxygen atoms in total. The second-order valence-electron chi connectivity index (χ2n) is 4.61. The van der Waals surface area contributed by atoms with E-state index in [0.717, 1.165) is 0 Å². The van der Waals surface area contributed by atoms with Crippen LogP contribution in [0.5, 0.6) is 0 Å². The molecule has 0 aliphatic rings. The van der Waals surface area contributed by atoms with Crippen LogP contribution < -0.4 is 5.32 Å². The monoisotopic (exact) mass is 325 g/mol. The van der Waals surface area contributed by atoms with Gasteiger partial charge in [-0.25, -0.2) is 4.79 Å². The number of rotatable bonds is 9. The number of amides is 2. The number of nitrogens with one attached hydrogen (secondary N) is 1. The molecule has 8 heteroatoms. The number of carbonyl (C=O) groups excluding carboxylic acids is 1. The molecule has 128 valence electrons. The van der Waals surface area contributed by atoms with Gasteiger partial charge in [0.15, 0.2) is 6.29 Å². The average Bonchev–Trinajstić information content (AvgIpc) is 2.53. The molecule has 0 atom stereocenters. The van der Waals surface area contributed by atoms with Crippen molar-refractivity contribution in [3.8, 4) is 0 Å². The number of anilines is 1. The van der Waals surface area contributed by atoms with Crippen LogP contribution in [0.25, 0.3) is 0 Å². The first kappa shape index (κ1) is 18.9. The van der Waals surface area contributed by atoms with Crippen LogP contribution in [0.1, 0.15) is 20.8 Å². The van der Waals surface area contributed by atoms with E-state index in [1.54, 1.807) is 4.90 Å².